The summed E-state index contributed by atoms with van der Waals surface area (Å²) in [6.07, 6.45) is 0. The van der Waals surface area contributed by atoms with Crippen LogP contribution in [0.25, 0.3) is 0 Å². The molecule has 0 saturated carbocycles. The molecule has 0 saturated heterocycles. The number of nitrogen functional groups attached to an aromatic ring is 1. The first-order valence-electron chi connectivity index (χ1n) is 5.83. The molecule has 1 aromatic carbocycles. The number of hydrogen-bond acceptors (Lipinski definition) is 6. The summed E-state index contributed by atoms with van der Waals surface area (Å²) in [4.78, 5) is 14.3. The zero-order valence-electron chi connectivity index (χ0n) is 11.1. The maximum Gasteiger partial charge on any atom is 0.276 e. The van der Waals surface area contributed by atoms with Crippen LogP contribution in [0.2, 0.25) is 0 Å². The lowest BCUT2D eigenvalue weighted by Crippen LogP contribution is -2.01. The van der Waals surface area contributed by atoms with E-state index in [2.05, 4.69) is 10.3 Å². The molecule has 0 fully saturated rings. The molecule has 20 heavy (non-hydrogen) atoms. The number of hydrogen-bond donors (Lipinski definition) is 2. The van der Waals surface area contributed by atoms with Crippen molar-refractivity contribution in [2.75, 3.05) is 18.2 Å². The predicted molar refractivity (Wildman–Crippen MR) is 76.3 cm³/mol. The van der Waals surface area contributed by atoms with Crippen molar-refractivity contribution in [3.63, 3.8) is 0 Å². The summed E-state index contributed by atoms with van der Waals surface area (Å²) in [5, 5.41) is 13.8. The van der Waals surface area contributed by atoms with Crippen molar-refractivity contribution in [3.05, 3.63) is 46.0 Å². The van der Waals surface area contributed by atoms with Gasteiger partial charge in [-0.3, -0.25) is 10.1 Å². The van der Waals surface area contributed by atoms with Crippen LogP contribution in [-0.2, 0) is 0 Å². The van der Waals surface area contributed by atoms with Gasteiger partial charge in [-0.1, -0.05) is 0 Å². The Balaban J connectivity index is 2.32. The summed E-state index contributed by atoms with van der Waals surface area (Å²) in [6.45, 7) is 1.89. The second-order valence-corrected chi connectivity index (χ2v) is 4.20. The zero-order chi connectivity index (χ0) is 14.7. The van der Waals surface area contributed by atoms with Crippen molar-refractivity contribution in [1.82, 2.24) is 4.98 Å². The highest BCUT2D eigenvalue weighted by atomic mass is 16.6. The Morgan fingerprint density at radius 3 is 2.70 bits per heavy atom. The summed E-state index contributed by atoms with van der Waals surface area (Å²) in [7, 11) is 1.59. The normalized spacial score (nSPS) is 10.1. The summed E-state index contributed by atoms with van der Waals surface area (Å²) in [5.41, 5.74) is 7.16. The van der Waals surface area contributed by atoms with Crippen LogP contribution >= 0.6 is 0 Å². The van der Waals surface area contributed by atoms with Crippen LogP contribution in [0.4, 0.5) is 23.0 Å². The number of pyridine rings is 1. The Kier molecular flexibility index (Phi) is 3.69. The van der Waals surface area contributed by atoms with Gasteiger partial charge in [0.15, 0.2) is 0 Å². The average molecular weight is 274 g/mol. The van der Waals surface area contributed by atoms with Crippen LogP contribution in [0.15, 0.2) is 30.3 Å². The molecule has 0 unspecified atom stereocenters. The van der Waals surface area contributed by atoms with Gasteiger partial charge in [-0.2, -0.15) is 0 Å². The molecule has 3 N–H and O–H groups in total. The summed E-state index contributed by atoms with van der Waals surface area (Å²) in [6, 6.07) is 8.00. The highest BCUT2D eigenvalue weighted by Crippen LogP contribution is 2.26. The first-order valence-corrected chi connectivity index (χ1v) is 5.83. The Labute approximate surface area is 115 Å². The van der Waals surface area contributed by atoms with Crippen LogP contribution in [0.5, 0.6) is 5.75 Å². The largest absolute Gasteiger partial charge is 0.497 e. The fourth-order valence-electron chi connectivity index (χ4n) is 1.75. The number of benzene rings is 1. The van der Waals surface area contributed by atoms with E-state index in [4.69, 9.17) is 10.5 Å². The molecule has 1 heterocycles. The molecule has 1 aromatic heterocycles. The van der Waals surface area contributed by atoms with E-state index in [-0.39, 0.29) is 11.5 Å². The van der Waals surface area contributed by atoms with E-state index < -0.39 is 4.92 Å². The fourth-order valence-corrected chi connectivity index (χ4v) is 1.75. The van der Waals surface area contributed by atoms with Crippen molar-refractivity contribution >= 4 is 23.0 Å². The Morgan fingerprint density at radius 2 is 2.10 bits per heavy atom. The van der Waals surface area contributed by atoms with Crippen LogP contribution in [0.1, 0.15) is 5.56 Å². The van der Waals surface area contributed by atoms with Crippen molar-refractivity contribution in [1.29, 1.82) is 0 Å². The summed E-state index contributed by atoms with van der Waals surface area (Å²) < 4.78 is 5.12. The number of nitrogens with zero attached hydrogens (tertiary/aromatic N) is 2. The SMILES string of the molecule is COc1ccc(Nc2cc([N+](=O)[O-])cc(N)n2)c(C)c1. The topological polar surface area (TPSA) is 103 Å². The molecule has 0 amide bonds. The van der Waals surface area contributed by atoms with Crippen molar-refractivity contribution in [2.24, 2.45) is 0 Å². The number of aromatic nitrogens is 1. The molecule has 2 aromatic rings. The maximum absolute atomic E-state index is 10.8. The van der Waals surface area contributed by atoms with E-state index in [1.807, 2.05) is 19.1 Å². The van der Waals surface area contributed by atoms with E-state index in [1.165, 1.54) is 12.1 Å². The third-order valence-electron chi connectivity index (χ3n) is 2.74. The van der Waals surface area contributed by atoms with Gasteiger partial charge in [0.25, 0.3) is 5.69 Å². The van der Waals surface area contributed by atoms with Crippen molar-refractivity contribution in [2.45, 2.75) is 6.92 Å². The first kappa shape index (κ1) is 13.6. The van der Waals surface area contributed by atoms with E-state index in [9.17, 15) is 10.1 Å². The van der Waals surface area contributed by atoms with Crippen LogP contribution in [0.3, 0.4) is 0 Å². The van der Waals surface area contributed by atoms with E-state index >= 15 is 0 Å². The van der Waals surface area contributed by atoms with Gasteiger partial charge >= 0.3 is 0 Å². The molecular formula is C13H14N4O3. The third-order valence-corrected chi connectivity index (χ3v) is 2.74. The number of anilines is 3. The Hall–Kier alpha value is -2.83. The molecule has 0 aliphatic carbocycles. The highest BCUT2D eigenvalue weighted by molar-refractivity contribution is 5.64. The van der Waals surface area contributed by atoms with Crippen LogP contribution in [-0.4, -0.2) is 17.0 Å². The number of methoxy groups -OCH3 is 1. The summed E-state index contributed by atoms with van der Waals surface area (Å²) in [5.74, 6) is 1.15. The van der Waals surface area contributed by atoms with Gasteiger partial charge in [0.1, 0.15) is 17.4 Å². The predicted octanol–water partition coefficient (Wildman–Crippen LogP) is 2.63. The van der Waals surface area contributed by atoms with Crippen LogP contribution in [0, 0.1) is 17.0 Å². The fraction of sp³-hybridized carbons (Fsp3) is 0.154. The second-order valence-electron chi connectivity index (χ2n) is 4.20. The summed E-state index contributed by atoms with van der Waals surface area (Å²) >= 11 is 0. The quantitative estimate of drug-likeness (QED) is 0.656. The van der Waals surface area contributed by atoms with Gasteiger partial charge in [0.2, 0.25) is 0 Å². The van der Waals surface area contributed by atoms with Gasteiger partial charge in [0.05, 0.1) is 24.2 Å². The van der Waals surface area contributed by atoms with Gasteiger partial charge in [-0.15, -0.1) is 0 Å². The molecule has 7 heteroatoms. The standard InChI is InChI=1S/C13H14N4O3/c1-8-5-10(20-2)3-4-11(8)15-13-7-9(17(18)19)6-12(14)16-13/h3-7H,1-2H3,(H3,14,15,16). The minimum atomic E-state index is -0.510. The Bertz CT molecular complexity index is 658. The number of nitrogens with one attached hydrogen (secondary N) is 1. The molecular weight excluding hydrogens is 260 g/mol. The van der Waals surface area contributed by atoms with Crippen LogP contribution < -0.4 is 15.8 Å². The van der Waals surface area contributed by atoms with E-state index in [0.29, 0.717) is 5.82 Å². The lowest BCUT2D eigenvalue weighted by atomic mass is 10.2. The first-order chi connectivity index (χ1) is 9.49. The third kappa shape index (κ3) is 2.94. The van der Waals surface area contributed by atoms with Gasteiger partial charge in [0, 0.05) is 5.69 Å². The average Bonchev–Trinajstić information content (AvgIpc) is 2.40. The number of nitro groups is 1. The molecule has 0 bridgehead atoms. The molecule has 0 atom stereocenters. The number of nitrogens with two attached hydrogens (primary N) is 1. The lowest BCUT2D eigenvalue weighted by molar-refractivity contribution is -0.384. The number of ether oxygens (including phenoxy) is 1. The molecule has 0 aliphatic rings. The van der Waals surface area contributed by atoms with Crippen molar-refractivity contribution in [3.8, 4) is 5.75 Å². The minimum Gasteiger partial charge on any atom is -0.497 e. The lowest BCUT2D eigenvalue weighted by Gasteiger charge is -2.10. The molecule has 7 nitrogen and oxygen atoms in total. The molecule has 2 rings (SSSR count). The van der Waals surface area contributed by atoms with Gasteiger partial charge in [-0.05, 0) is 30.7 Å². The second kappa shape index (κ2) is 5.43. The van der Waals surface area contributed by atoms with Gasteiger partial charge in [-0.25, -0.2) is 4.98 Å². The Morgan fingerprint density at radius 1 is 1.35 bits per heavy atom. The maximum atomic E-state index is 10.8. The number of aryl methyl sites for hydroxylation is 1. The monoisotopic (exact) mass is 274 g/mol. The molecule has 104 valence electrons. The molecule has 0 spiro atoms. The van der Waals surface area contributed by atoms with E-state index in [0.717, 1.165) is 17.0 Å². The van der Waals surface area contributed by atoms with E-state index in [1.54, 1.807) is 13.2 Å². The molecule has 0 radical (unpaired) electrons. The smallest absolute Gasteiger partial charge is 0.276 e. The minimum absolute atomic E-state index is 0.0906. The molecule has 0 aliphatic heterocycles. The highest BCUT2D eigenvalue weighted by Gasteiger charge is 2.10. The van der Waals surface area contributed by atoms with Gasteiger partial charge < -0.3 is 15.8 Å². The number of rotatable bonds is 4. The zero-order valence-corrected chi connectivity index (χ0v) is 11.1. The van der Waals surface area contributed by atoms with Crippen molar-refractivity contribution < 1.29 is 9.66 Å².